The summed E-state index contributed by atoms with van der Waals surface area (Å²) in [5, 5.41) is 0. The molecule has 1 aliphatic carbocycles. The molecule has 0 spiro atoms. The van der Waals surface area contributed by atoms with E-state index >= 15 is 0 Å². The van der Waals surface area contributed by atoms with Gasteiger partial charge in [0.25, 0.3) is 6.43 Å². The van der Waals surface area contributed by atoms with E-state index in [1.807, 2.05) is 18.2 Å². The van der Waals surface area contributed by atoms with Crippen molar-refractivity contribution in [3.63, 3.8) is 0 Å². The predicted octanol–water partition coefficient (Wildman–Crippen LogP) is 3.62. The standard InChI is InChI=1S/C18H20F2N4/c19-17(20)15-12-16(22-18(21-15)13-6-7-13)24-10-8-23(9-11-24)14-4-2-1-3-5-14/h1-5,12-13,17H,6-11H2. The molecule has 1 saturated carbocycles. The van der Waals surface area contributed by atoms with Gasteiger partial charge in [-0.2, -0.15) is 0 Å². The zero-order chi connectivity index (χ0) is 16.5. The molecule has 2 aromatic rings. The third kappa shape index (κ3) is 3.18. The molecule has 2 heterocycles. The molecule has 2 aliphatic rings. The van der Waals surface area contributed by atoms with Gasteiger partial charge >= 0.3 is 0 Å². The minimum absolute atomic E-state index is 0.146. The topological polar surface area (TPSA) is 32.3 Å². The van der Waals surface area contributed by atoms with Gasteiger partial charge in [0.2, 0.25) is 0 Å². The summed E-state index contributed by atoms with van der Waals surface area (Å²) >= 11 is 0. The highest BCUT2D eigenvalue weighted by Gasteiger charge is 2.29. The zero-order valence-electron chi connectivity index (χ0n) is 13.4. The highest BCUT2D eigenvalue weighted by Crippen LogP contribution is 2.39. The SMILES string of the molecule is FC(F)c1cc(N2CCN(c3ccccc3)CC2)nc(C2CC2)n1. The third-order valence-corrected chi connectivity index (χ3v) is 4.64. The van der Waals surface area contributed by atoms with Crippen LogP contribution in [0.2, 0.25) is 0 Å². The lowest BCUT2D eigenvalue weighted by molar-refractivity contribution is 0.145. The molecule has 0 atom stereocenters. The average Bonchev–Trinajstić information content (AvgIpc) is 3.47. The number of rotatable bonds is 4. The van der Waals surface area contributed by atoms with Crippen molar-refractivity contribution < 1.29 is 8.78 Å². The maximum absolute atomic E-state index is 13.1. The van der Waals surface area contributed by atoms with Crippen molar-refractivity contribution in [2.45, 2.75) is 25.2 Å². The summed E-state index contributed by atoms with van der Waals surface area (Å²) in [7, 11) is 0. The van der Waals surface area contributed by atoms with Crippen LogP contribution in [-0.4, -0.2) is 36.1 Å². The molecule has 0 amide bonds. The van der Waals surface area contributed by atoms with Crippen LogP contribution >= 0.6 is 0 Å². The second-order valence-corrected chi connectivity index (χ2v) is 6.39. The number of hydrogen-bond acceptors (Lipinski definition) is 4. The average molecular weight is 330 g/mol. The summed E-state index contributed by atoms with van der Waals surface area (Å²) in [6.07, 6.45) is -0.531. The second kappa shape index (κ2) is 6.34. The molecule has 1 aromatic heterocycles. The van der Waals surface area contributed by atoms with Gasteiger partial charge in [-0.25, -0.2) is 18.7 Å². The van der Waals surface area contributed by atoms with Gasteiger partial charge in [0.15, 0.2) is 0 Å². The number of halogens is 2. The molecule has 0 N–H and O–H groups in total. The van der Waals surface area contributed by atoms with E-state index in [4.69, 9.17) is 0 Å². The van der Waals surface area contributed by atoms with E-state index in [0.29, 0.717) is 11.6 Å². The number of alkyl halides is 2. The molecule has 1 saturated heterocycles. The third-order valence-electron chi connectivity index (χ3n) is 4.64. The number of aromatic nitrogens is 2. The first-order valence-corrected chi connectivity index (χ1v) is 8.42. The molecule has 4 nitrogen and oxygen atoms in total. The van der Waals surface area contributed by atoms with E-state index in [2.05, 4.69) is 31.9 Å². The fourth-order valence-corrected chi connectivity index (χ4v) is 3.10. The van der Waals surface area contributed by atoms with Crippen molar-refractivity contribution in [2.24, 2.45) is 0 Å². The lowest BCUT2D eigenvalue weighted by atomic mass is 10.2. The number of benzene rings is 1. The van der Waals surface area contributed by atoms with Crippen molar-refractivity contribution in [3.05, 3.63) is 47.9 Å². The number of para-hydroxylation sites is 1. The lowest BCUT2D eigenvalue weighted by Crippen LogP contribution is -2.47. The maximum atomic E-state index is 13.1. The van der Waals surface area contributed by atoms with Gasteiger partial charge in [-0.1, -0.05) is 18.2 Å². The Bertz CT molecular complexity index is 675. The van der Waals surface area contributed by atoms with Crippen LogP contribution in [0.25, 0.3) is 0 Å². The van der Waals surface area contributed by atoms with E-state index in [1.165, 1.54) is 11.8 Å². The number of piperazine rings is 1. The van der Waals surface area contributed by atoms with Crippen molar-refractivity contribution >= 4 is 11.5 Å². The summed E-state index contributed by atoms with van der Waals surface area (Å²) < 4.78 is 26.3. The summed E-state index contributed by atoms with van der Waals surface area (Å²) in [5.74, 6) is 1.51. The van der Waals surface area contributed by atoms with Crippen LogP contribution in [0.3, 0.4) is 0 Å². The van der Waals surface area contributed by atoms with Gasteiger partial charge in [0.05, 0.1) is 0 Å². The molecule has 2 fully saturated rings. The molecule has 126 valence electrons. The van der Waals surface area contributed by atoms with Crippen molar-refractivity contribution in [1.29, 1.82) is 0 Å². The molecule has 6 heteroatoms. The summed E-state index contributed by atoms with van der Waals surface area (Å²) in [4.78, 5) is 13.0. The van der Waals surface area contributed by atoms with Gasteiger partial charge in [-0.3, -0.25) is 0 Å². The maximum Gasteiger partial charge on any atom is 0.280 e. The van der Waals surface area contributed by atoms with Gasteiger partial charge in [-0.05, 0) is 25.0 Å². The monoisotopic (exact) mass is 330 g/mol. The molecule has 0 radical (unpaired) electrons. The Hall–Kier alpha value is -2.24. The molecular formula is C18H20F2N4. The first-order valence-electron chi connectivity index (χ1n) is 8.42. The normalized spacial score (nSPS) is 18.3. The van der Waals surface area contributed by atoms with E-state index in [1.54, 1.807) is 0 Å². The number of hydrogen-bond donors (Lipinski definition) is 0. The van der Waals surface area contributed by atoms with Crippen LogP contribution in [0.1, 0.15) is 36.7 Å². The van der Waals surface area contributed by atoms with E-state index in [9.17, 15) is 8.78 Å². The largest absolute Gasteiger partial charge is 0.368 e. The highest BCUT2D eigenvalue weighted by molar-refractivity contribution is 5.49. The fourth-order valence-electron chi connectivity index (χ4n) is 3.10. The van der Waals surface area contributed by atoms with Crippen molar-refractivity contribution in [3.8, 4) is 0 Å². The summed E-state index contributed by atoms with van der Waals surface area (Å²) in [6.45, 7) is 3.27. The van der Waals surface area contributed by atoms with E-state index < -0.39 is 6.43 Å². The summed E-state index contributed by atoms with van der Waals surface area (Å²) in [6, 6.07) is 11.7. The molecular weight excluding hydrogens is 310 g/mol. The Labute approximate surface area is 140 Å². The quantitative estimate of drug-likeness (QED) is 0.857. The Kier molecular flexibility index (Phi) is 4.04. The van der Waals surface area contributed by atoms with Crippen molar-refractivity contribution in [1.82, 2.24) is 9.97 Å². The minimum Gasteiger partial charge on any atom is -0.368 e. The van der Waals surface area contributed by atoms with Crippen molar-refractivity contribution in [2.75, 3.05) is 36.0 Å². The molecule has 24 heavy (non-hydrogen) atoms. The molecule has 1 aromatic carbocycles. The predicted molar refractivity (Wildman–Crippen MR) is 89.8 cm³/mol. The van der Waals surface area contributed by atoms with Gasteiger partial charge in [0.1, 0.15) is 17.3 Å². The van der Waals surface area contributed by atoms with E-state index in [0.717, 1.165) is 39.0 Å². The minimum atomic E-state index is -2.55. The van der Waals surface area contributed by atoms with Crippen LogP contribution < -0.4 is 9.80 Å². The van der Waals surface area contributed by atoms with Gasteiger partial charge < -0.3 is 9.80 Å². The van der Waals surface area contributed by atoms with Crippen LogP contribution in [0, 0.1) is 0 Å². The van der Waals surface area contributed by atoms with E-state index in [-0.39, 0.29) is 11.6 Å². The van der Waals surface area contributed by atoms with Crippen LogP contribution in [-0.2, 0) is 0 Å². The smallest absolute Gasteiger partial charge is 0.280 e. The highest BCUT2D eigenvalue weighted by atomic mass is 19.3. The van der Waals surface area contributed by atoms with Crippen LogP contribution in [0.15, 0.2) is 36.4 Å². The first-order chi connectivity index (χ1) is 11.7. The van der Waals surface area contributed by atoms with Gasteiger partial charge in [-0.15, -0.1) is 0 Å². The number of anilines is 2. The molecule has 1 aliphatic heterocycles. The first kappa shape index (κ1) is 15.3. The molecule has 4 rings (SSSR count). The molecule has 0 bridgehead atoms. The Morgan fingerprint density at radius 3 is 2.21 bits per heavy atom. The fraction of sp³-hybridized carbons (Fsp3) is 0.444. The summed E-state index contributed by atoms with van der Waals surface area (Å²) in [5.41, 5.74) is 1.05. The van der Waals surface area contributed by atoms with Crippen LogP contribution in [0.4, 0.5) is 20.3 Å². The lowest BCUT2D eigenvalue weighted by Gasteiger charge is -2.37. The Morgan fingerprint density at radius 2 is 1.58 bits per heavy atom. The van der Waals surface area contributed by atoms with Crippen LogP contribution in [0.5, 0.6) is 0 Å². The Balaban J connectivity index is 1.51. The second-order valence-electron chi connectivity index (χ2n) is 6.39. The molecule has 0 unspecified atom stereocenters. The Morgan fingerprint density at radius 1 is 0.917 bits per heavy atom. The zero-order valence-corrected chi connectivity index (χ0v) is 13.4. The van der Waals surface area contributed by atoms with Gasteiger partial charge in [0, 0.05) is 43.9 Å². The number of nitrogens with zero attached hydrogens (tertiary/aromatic N) is 4.